The molecule has 6 rings (SSSR count). The van der Waals surface area contributed by atoms with Gasteiger partial charge >= 0.3 is 0 Å². The lowest BCUT2D eigenvalue weighted by atomic mass is 10.1. The summed E-state index contributed by atoms with van der Waals surface area (Å²) in [6, 6.07) is 41.4. The van der Waals surface area contributed by atoms with Gasteiger partial charge in [0.2, 0.25) is 5.91 Å². The van der Waals surface area contributed by atoms with Gasteiger partial charge in [0.25, 0.3) is 11.8 Å². The topological polar surface area (TPSA) is 100 Å². The number of nitrogens with zero attached hydrogens (tertiary/aromatic N) is 1. The molecule has 7 nitrogen and oxygen atoms in total. The highest BCUT2D eigenvalue weighted by Crippen LogP contribution is 2.37. The molecule has 1 heterocycles. The molecule has 6 aromatic rings. The molecule has 3 amide bonds. The van der Waals surface area contributed by atoms with E-state index in [0.717, 1.165) is 32.8 Å². The number of thiazole rings is 1. The fraction of sp³-hybridized carbons (Fsp3) is 0.0732. The highest BCUT2D eigenvalue weighted by molar-refractivity contribution is 8.00. The molecule has 9 heteroatoms. The molecule has 1 aromatic heterocycles. The lowest BCUT2D eigenvalue weighted by Crippen LogP contribution is -2.30. The highest BCUT2D eigenvalue weighted by atomic mass is 32.2. The molecule has 0 bridgehead atoms. The first-order valence-corrected chi connectivity index (χ1v) is 17.7. The van der Waals surface area contributed by atoms with Gasteiger partial charge in [-0.15, -0.1) is 23.1 Å². The average molecular weight is 695 g/mol. The van der Waals surface area contributed by atoms with E-state index >= 15 is 0 Å². The van der Waals surface area contributed by atoms with E-state index in [4.69, 9.17) is 0 Å². The first kappa shape index (κ1) is 34.1. The summed E-state index contributed by atoms with van der Waals surface area (Å²) in [5, 5.41) is 10.6. The zero-order valence-electron chi connectivity index (χ0n) is 27.4. The molecule has 248 valence electrons. The van der Waals surface area contributed by atoms with Gasteiger partial charge in [-0.05, 0) is 73.0 Å². The van der Waals surface area contributed by atoms with Gasteiger partial charge in [-0.1, -0.05) is 103 Å². The molecule has 1 unspecified atom stereocenters. The second-order valence-electron chi connectivity index (χ2n) is 11.5. The molecule has 0 spiro atoms. The van der Waals surface area contributed by atoms with E-state index in [-0.39, 0.29) is 17.5 Å². The summed E-state index contributed by atoms with van der Waals surface area (Å²) in [7, 11) is 0. The number of rotatable bonds is 11. The van der Waals surface area contributed by atoms with Crippen LogP contribution in [0.5, 0.6) is 0 Å². The Morgan fingerprint density at radius 2 is 1.40 bits per heavy atom. The second-order valence-corrected chi connectivity index (χ2v) is 13.6. The van der Waals surface area contributed by atoms with Crippen molar-refractivity contribution >= 4 is 57.7 Å². The molecule has 0 aliphatic heterocycles. The van der Waals surface area contributed by atoms with E-state index in [2.05, 4.69) is 20.9 Å². The number of aryl methyl sites for hydroxylation is 2. The quantitative estimate of drug-likeness (QED) is 0.0928. The van der Waals surface area contributed by atoms with Gasteiger partial charge in [0, 0.05) is 27.1 Å². The third kappa shape index (κ3) is 8.82. The number of thioether (sulfide) groups is 1. The minimum absolute atomic E-state index is 0.111. The third-order valence-corrected chi connectivity index (χ3v) is 9.83. The van der Waals surface area contributed by atoms with Crippen LogP contribution in [0.2, 0.25) is 0 Å². The number of hydrogen-bond donors (Lipinski definition) is 3. The summed E-state index contributed by atoms with van der Waals surface area (Å²) in [6.07, 6.45) is 1.67. The number of amides is 3. The average Bonchev–Trinajstić information content (AvgIpc) is 3.61. The molecular weight excluding hydrogens is 661 g/mol. The maximum atomic E-state index is 13.7. The smallest absolute Gasteiger partial charge is 0.272 e. The van der Waals surface area contributed by atoms with Crippen molar-refractivity contribution in [2.75, 3.05) is 10.6 Å². The van der Waals surface area contributed by atoms with E-state index in [1.165, 1.54) is 28.7 Å². The molecule has 0 radical (unpaired) electrons. The Labute approximate surface area is 299 Å². The molecule has 0 saturated heterocycles. The largest absolute Gasteiger partial charge is 0.321 e. The first-order chi connectivity index (χ1) is 24.3. The van der Waals surface area contributed by atoms with Crippen LogP contribution in [0.3, 0.4) is 0 Å². The minimum Gasteiger partial charge on any atom is -0.321 e. The van der Waals surface area contributed by atoms with Crippen LogP contribution in [0.25, 0.3) is 17.3 Å². The third-order valence-electron chi connectivity index (χ3n) is 7.81. The van der Waals surface area contributed by atoms with Gasteiger partial charge in [0.1, 0.15) is 10.9 Å². The maximum absolute atomic E-state index is 13.7. The number of carbonyl (C=O) groups excluding carboxylic acids is 3. The number of hydrogen-bond acceptors (Lipinski definition) is 6. The Hall–Kier alpha value is -5.77. The van der Waals surface area contributed by atoms with Crippen LogP contribution < -0.4 is 16.0 Å². The van der Waals surface area contributed by atoms with Crippen LogP contribution in [-0.2, 0) is 9.59 Å². The molecule has 5 aromatic carbocycles. The van der Waals surface area contributed by atoms with Crippen LogP contribution in [0.4, 0.5) is 10.8 Å². The SMILES string of the molecule is Cc1ccc(-c2csc(NC(=O)C(Sc3ccc(NC(=O)/C(=C/c4ccccc4C)NC(=O)c4ccccc4)cc3)c3ccccc3)n2)cc1. The summed E-state index contributed by atoms with van der Waals surface area (Å²) in [6.45, 7) is 3.98. The molecule has 0 aliphatic rings. The van der Waals surface area contributed by atoms with Crippen LogP contribution in [0.1, 0.15) is 37.9 Å². The number of aromatic nitrogens is 1. The van der Waals surface area contributed by atoms with Gasteiger partial charge in [-0.25, -0.2) is 4.98 Å². The molecule has 1 atom stereocenters. The Kier molecular flexibility index (Phi) is 11.0. The van der Waals surface area contributed by atoms with Crippen molar-refractivity contribution in [1.82, 2.24) is 10.3 Å². The van der Waals surface area contributed by atoms with Crippen molar-refractivity contribution in [2.24, 2.45) is 0 Å². The van der Waals surface area contributed by atoms with E-state index in [9.17, 15) is 14.4 Å². The number of nitrogens with one attached hydrogen (secondary N) is 3. The van der Waals surface area contributed by atoms with Gasteiger partial charge in [-0.3, -0.25) is 14.4 Å². The predicted molar refractivity (Wildman–Crippen MR) is 204 cm³/mol. The first-order valence-electron chi connectivity index (χ1n) is 15.9. The van der Waals surface area contributed by atoms with E-state index < -0.39 is 11.2 Å². The van der Waals surface area contributed by atoms with Gasteiger partial charge in [0.15, 0.2) is 5.13 Å². The summed E-state index contributed by atoms with van der Waals surface area (Å²) in [5.74, 6) is -1.04. The van der Waals surface area contributed by atoms with Crippen molar-refractivity contribution in [3.05, 3.63) is 172 Å². The normalized spacial score (nSPS) is 11.8. The molecule has 0 aliphatic carbocycles. The maximum Gasteiger partial charge on any atom is 0.272 e. The van der Waals surface area contributed by atoms with Crippen molar-refractivity contribution in [3.8, 4) is 11.3 Å². The van der Waals surface area contributed by atoms with E-state index in [1.807, 2.05) is 116 Å². The lowest BCUT2D eigenvalue weighted by Gasteiger charge is -2.17. The summed E-state index contributed by atoms with van der Waals surface area (Å²) in [5.41, 5.74) is 6.69. The minimum atomic E-state index is -0.555. The van der Waals surface area contributed by atoms with E-state index in [1.54, 1.807) is 42.5 Å². The zero-order valence-corrected chi connectivity index (χ0v) is 29.1. The fourth-order valence-corrected chi connectivity index (χ4v) is 6.80. The summed E-state index contributed by atoms with van der Waals surface area (Å²) < 4.78 is 0. The predicted octanol–water partition coefficient (Wildman–Crippen LogP) is 9.31. The van der Waals surface area contributed by atoms with Crippen LogP contribution in [0, 0.1) is 13.8 Å². The Morgan fingerprint density at radius 3 is 2.10 bits per heavy atom. The van der Waals surface area contributed by atoms with E-state index in [0.29, 0.717) is 16.4 Å². The van der Waals surface area contributed by atoms with Crippen molar-refractivity contribution in [3.63, 3.8) is 0 Å². The summed E-state index contributed by atoms with van der Waals surface area (Å²) in [4.78, 5) is 45.8. The van der Waals surface area contributed by atoms with Crippen molar-refractivity contribution in [2.45, 2.75) is 24.0 Å². The van der Waals surface area contributed by atoms with Gasteiger partial charge < -0.3 is 16.0 Å². The molecular formula is C41H34N4O3S2. The molecule has 0 saturated carbocycles. The van der Waals surface area contributed by atoms with Gasteiger partial charge in [-0.2, -0.15) is 0 Å². The second kappa shape index (κ2) is 16.1. The molecule has 50 heavy (non-hydrogen) atoms. The Bertz CT molecular complexity index is 2130. The fourth-order valence-electron chi connectivity index (χ4n) is 5.06. The summed E-state index contributed by atoms with van der Waals surface area (Å²) >= 11 is 2.79. The van der Waals surface area contributed by atoms with Crippen molar-refractivity contribution < 1.29 is 14.4 Å². The van der Waals surface area contributed by atoms with Gasteiger partial charge in [0.05, 0.1) is 5.69 Å². The number of anilines is 2. The number of carbonyl (C=O) groups is 3. The number of benzene rings is 5. The van der Waals surface area contributed by atoms with Crippen molar-refractivity contribution in [1.29, 1.82) is 0 Å². The molecule has 3 N–H and O–H groups in total. The highest BCUT2D eigenvalue weighted by Gasteiger charge is 2.24. The standard InChI is InChI=1S/C41H34N4O3S2/c1-27-17-19-29(20-18-27)36-26-49-41(44-36)45-40(48)37(30-12-5-3-6-13-30)50-34-23-21-33(22-24-34)42-39(47)35(25-32-16-10-9-11-28(32)2)43-38(46)31-14-7-4-8-15-31/h3-26,37H,1-2H3,(H,42,47)(H,43,46)(H,44,45,48)/b35-25-. The lowest BCUT2D eigenvalue weighted by molar-refractivity contribution is -0.116. The monoisotopic (exact) mass is 694 g/mol. The van der Waals surface area contributed by atoms with Crippen LogP contribution in [-0.4, -0.2) is 22.7 Å². The molecule has 0 fully saturated rings. The van der Waals surface area contributed by atoms with Crippen LogP contribution in [0.15, 0.2) is 149 Å². The van der Waals surface area contributed by atoms with Crippen LogP contribution >= 0.6 is 23.1 Å². The Balaban J connectivity index is 1.17. The zero-order chi connectivity index (χ0) is 34.9. The Morgan fingerprint density at radius 1 is 0.740 bits per heavy atom.